The van der Waals surface area contributed by atoms with E-state index in [9.17, 15) is 4.79 Å². The Hall–Kier alpha value is -0.230. The molecule has 20 heavy (non-hydrogen) atoms. The minimum atomic E-state index is 0. The predicted molar refractivity (Wildman–Crippen MR) is 93.1 cm³/mol. The largest absolute Gasteiger partial charge is 0.326 e. The van der Waals surface area contributed by atoms with E-state index in [-0.39, 0.29) is 18.3 Å². The van der Waals surface area contributed by atoms with Crippen LogP contribution < -0.4 is 10.6 Å². The molecule has 0 spiro atoms. The van der Waals surface area contributed by atoms with Gasteiger partial charge >= 0.3 is 0 Å². The zero-order valence-corrected chi connectivity index (χ0v) is 14.7. The number of hydrogen-bond donors (Lipinski definition) is 2. The number of anilines is 1. The van der Waals surface area contributed by atoms with Gasteiger partial charge in [-0.05, 0) is 30.2 Å². The number of amides is 1. The van der Waals surface area contributed by atoms with Crippen LogP contribution in [0, 0.1) is 0 Å². The van der Waals surface area contributed by atoms with Gasteiger partial charge in [-0.2, -0.15) is 11.8 Å². The number of rotatable bonds is 4. The fraction of sp³-hybridized carbons (Fsp3) is 0.500. The van der Waals surface area contributed by atoms with Gasteiger partial charge in [0.25, 0.3) is 0 Å². The van der Waals surface area contributed by atoms with E-state index in [2.05, 4.69) is 39.6 Å². The Bertz CT molecular complexity index is 453. The molecule has 1 aromatic rings. The second kappa shape index (κ2) is 8.93. The van der Waals surface area contributed by atoms with Gasteiger partial charge in [0, 0.05) is 40.7 Å². The summed E-state index contributed by atoms with van der Waals surface area (Å²) in [7, 11) is 0. The molecule has 1 amide bonds. The van der Waals surface area contributed by atoms with Crippen molar-refractivity contribution in [3.63, 3.8) is 0 Å². The zero-order valence-electron chi connectivity index (χ0n) is 11.4. The molecule has 0 radical (unpaired) electrons. The molecule has 0 bridgehead atoms. The molecule has 0 aromatic heterocycles. The standard InChI is InChI=1S/C14H19BrN2OS.ClH/c1-2-10-7-11(15)3-4-13(10)17-14(18)8-12-9-19-6-5-16-12;/h3-4,7,12,16H,2,5-6,8-9H2,1H3,(H,17,18);1H. The van der Waals surface area contributed by atoms with Gasteiger partial charge in [0.05, 0.1) is 0 Å². The van der Waals surface area contributed by atoms with E-state index in [4.69, 9.17) is 0 Å². The molecule has 1 saturated heterocycles. The van der Waals surface area contributed by atoms with Gasteiger partial charge in [0.1, 0.15) is 0 Å². The molecule has 2 N–H and O–H groups in total. The lowest BCUT2D eigenvalue weighted by Gasteiger charge is -2.22. The number of nitrogens with one attached hydrogen (secondary N) is 2. The van der Waals surface area contributed by atoms with Crippen molar-refractivity contribution in [1.29, 1.82) is 0 Å². The quantitative estimate of drug-likeness (QED) is 0.841. The highest BCUT2D eigenvalue weighted by molar-refractivity contribution is 9.10. The number of aryl methyl sites for hydroxylation is 1. The minimum absolute atomic E-state index is 0. The van der Waals surface area contributed by atoms with Crippen molar-refractivity contribution in [2.75, 3.05) is 23.4 Å². The summed E-state index contributed by atoms with van der Waals surface area (Å²) >= 11 is 5.37. The Morgan fingerprint density at radius 3 is 3.00 bits per heavy atom. The van der Waals surface area contributed by atoms with Gasteiger partial charge in [-0.3, -0.25) is 4.79 Å². The maximum Gasteiger partial charge on any atom is 0.225 e. The van der Waals surface area contributed by atoms with Crippen molar-refractivity contribution >= 4 is 51.7 Å². The SMILES string of the molecule is CCc1cc(Br)ccc1NC(=O)CC1CSCCN1.Cl. The fourth-order valence-corrected chi connectivity index (χ4v) is 3.51. The topological polar surface area (TPSA) is 41.1 Å². The van der Waals surface area contributed by atoms with E-state index in [0.29, 0.717) is 12.5 Å². The van der Waals surface area contributed by atoms with Gasteiger partial charge in [0.2, 0.25) is 5.91 Å². The smallest absolute Gasteiger partial charge is 0.225 e. The molecule has 0 saturated carbocycles. The molecular formula is C14H20BrClN2OS. The third kappa shape index (κ3) is 5.28. The van der Waals surface area contributed by atoms with Crippen molar-refractivity contribution in [1.82, 2.24) is 5.32 Å². The lowest BCUT2D eigenvalue weighted by atomic mass is 10.1. The number of benzene rings is 1. The molecule has 1 atom stereocenters. The third-order valence-electron chi connectivity index (χ3n) is 3.15. The second-order valence-electron chi connectivity index (χ2n) is 4.63. The average molecular weight is 380 g/mol. The number of carbonyl (C=O) groups excluding carboxylic acids is 1. The molecule has 1 aliphatic rings. The molecule has 1 aromatic carbocycles. The van der Waals surface area contributed by atoms with Crippen molar-refractivity contribution in [2.24, 2.45) is 0 Å². The van der Waals surface area contributed by atoms with Gasteiger partial charge in [-0.1, -0.05) is 22.9 Å². The van der Waals surface area contributed by atoms with Gasteiger partial charge < -0.3 is 10.6 Å². The first-order valence-corrected chi connectivity index (χ1v) is 8.53. The lowest BCUT2D eigenvalue weighted by Crippen LogP contribution is -2.39. The summed E-state index contributed by atoms with van der Waals surface area (Å²) < 4.78 is 1.05. The maximum atomic E-state index is 12.1. The number of hydrogen-bond acceptors (Lipinski definition) is 3. The molecule has 6 heteroatoms. The molecule has 112 valence electrons. The van der Waals surface area contributed by atoms with Crippen molar-refractivity contribution in [3.8, 4) is 0 Å². The van der Waals surface area contributed by atoms with Crippen molar-refractivity contribution < 1.29 is 4.79 Å². The second-order valence-corrected chi connectivity index (χ2v) is 6.70. The molecule has 3 nitrogen and oxygen atoms in total. The summed E-state index contributed by atoms with van der Waals surface area (Å²) in [6.45, 7) is 3.10. The molecule has 1 aliphatic heterocycles. The molecule has 1 heterocycles. The van der Waals surface area contributed by atoms with E-state index in [0.717, 1.165) is 40.2 Å². The highest BCUT2D eigenvalue weighted by atomic mass is 79.9. The minimum Gasteiger partial charge on any atom is -0.326 e. The number of thioether (sulfide) groups is 1. The van der Waals surface area contributed by atoms with Gasteiger partial charge in [-0.25, -0.2) is 0 Å². The van der Waals surface area contributed by atoms with E-state index in [1.54, 1.807) is 0 Å². The van der Waals surface area contributed by atoms with Crippen LogP contribution in [0.3, 0.4) is 0 Å². The number of halogens is 2. The van der Waals surface area contributed by atoms with Crippen molar-refractivity contribution in [2.45, 2.75) is 25.8 Å². The molecule has 1 fully saturated rings. The molecule has 2 rings (SSSR count). The van der Waals surface area contributed by atoms with Gasteiger partial charge in [-0.15, -0.1) is 12.4 Å². The first-order valence-electron chi connectivity index (χ1n) is 6.58. The highest BCUT2D eigenvalue weighted by Gasteiger charge is 2.17. The summed E-state index contributed by atoms with van der Waals surface area (Å²) in [5.41, 5.74) is 2.09. The van der Waals surface area contributed by atoms with Crippen LogP contribution >= 0.6 is 40.1 Å². The average Bonchev–Trinajstić information content (AvgIpc) is 2.42. The summed E-state index contributed by atoms with van der Waals surface area (Å²) in [6.07, 6.45) is 1.46. The molecule has 1 unspecified atom stereocenters. The van der Waals surface area contributed by atoms with Gasteiger partial charge in [0.15, 0.2) is 0 Å². The Morgan fingerprint density at radius 1 is 1.55 bits per heavy atom. The van der Waals surface area contributed by atoms with E-state index < -0.39 is 0 Å². The molecule has 0 aliphatic carbocycles. The summed E-state index contributed by atoms with van der Waals surface area (Å²) in [5, 5.41) is 6.41. The van der Waals surface area contributed by atoms with E-state index in [1.165, 1.54) is 0 Å². The Balaban J connectivity index is 0.00000200. The predicted octanol–water partition coefficient (Wildman–Crippen LogP) is 3.47. The monoisotopic (exact) mass is 378 g/mol. The van der Waals surface area contributed by atoms with Crippen LogP contribution in [-0.4, -0.2) is 30.0 Å². The summed E-state index contributed by atoms with van der Waals surface area (Å²) in [5.74, 6) is 2.26. The van der Waals surface area contributed by atoms with Crippen LogP contribution in [0.4, 0.5) is 5.69 Å². The maximum absolute atomic E-state index is 12.1. The Morgan fingerprint density at radius 2 is 2.35 bits per heavy atom. The van der Waals surface area contributed by atoms with Crippen LogP contribution in [-0.2, 0) is 11.2 Å². The van der Waals surface area contributed by atoms with Crippen LogP contribution in [0.15, 0.2) is 22.7 Å². The third-order valence-corrected chi connectivity index (χ3v) is 4.78. The fourth-order valence-electron chi connectivity index (χ4n) is 2.15. The van der Waals surface area contributed by atoms with Crippen LogP contribution in [0.25, 0.3) is 0 Å². The zero-order chi connectivity index (χ0) is 13.7. The van der Waals surface area contributed by atoms with E-state index in [1.807, 2.05) is 23.9 Å². The van der Waals surface area contributed by atoms with Crippen LogP contribution in [0.5, 0.6) is 0 Å². The Labute approximate surface area is 139 Å². The lowest BCUT2D eigenvalue weighted by molar-refractivity contribution is -0.116. The van der Waals surface area contributed by atoms with E-state index >= 15 is 0 Å². The van der Waals surface area contributed by atoms with Crippen LogP contribution in [0.2, 0.25) is 0 Å². The van der Waals surface area contributed by atoms with Crippen LogP contribution in [0.1, 0.15) is 18.9 Å². The Kier molecular flexibility index (Phi) is 7.95. The summed E-state index contributed by atoms with van der Waals surface area (Å²) in [4.78, 5) is 12.1. The highest BCUT2D eigenvalue weighted by Crippen LogP contribution is 2.22. The molecular weight excluding hydrogens is 360 g/mol. The first kappa shape index (κ1) is 17.8. The number of carbonyl (C=O) groups is 1. The normalized spacial score (nSPS) is 18.2. The summed E-state index contributed by atoms with van der Waals surface area (Å²) in [6, 6.07) is 6.29. The van der Waals surface area contributed by atoms with Crippen molar-refractivity contribution in [3.05, 3.63) is 28.2 Å². The first-order chi connectivity index (χ1) is 9.19.